The lowest BCUT2D eigenvalue weighted by Gasteiger charge is -2.21. The van der Waals surface area contributed by atoms with Crippen LogP contribution in [0, 0.1) is 0 Å². The molecule has 6 nitrogen and oxygen atoms in total. The fourth-order valence-electron chi connectivity index (χ4n) is 1.47. The molecule has 0 heterocycles. The van der Waals surface area contributed by atoms with E-state index < -0.39 is 41.9 Å². The third-order valence-electron chi connectivity index (χ3n) is 2.58. The van der Waals surface area contributed by atoms with Gasteiger partial charge >= 0.3 is 18.1 Å². The van der Waals surface area contributed by atoms with E-state index in [0.29, 0.717) is 17.2 Å². The second-order valence-electron chi connectivity index (χ2n) is 4.19. The third kappa shape index (κ3) is 4.58. The lowest BCUT2D eigenvalue weighted by Crippen LogP contribution is -2.42. The molecule has 22 heavy (non-hydrogen) atoms. The first-order valence-corrected chi connectivity index (χ1v) is 6.10. The van der Waals surface area contributed by atoms with Gasteiger partial charge < -0.3 is 15.1 Å². The number of likely N-dealkylation sites (N-methyl/N-ethyl adjacent to an activating group) is 1. The number of halogens is 4. The third-order valence-corrected chi connectivity index (χ3v) is 2.80. The predicted molar refractivity (Wildman–Crippen MR) is 68.1 cm³/mol. The molecular formula is C12H11ClF3NO5. The van der Waals surface area contributed by atoms with Crippen molar-refractivity contribution >= 4 is 23.5 Å². The van der Waals surface area contributed by atoms with Crippen molar-refractivity contribution in [3.63, 3.8) is 0 Å². The van der Waals surface area contributed by atoms with Crippen molar-refractivity contribution in [1.82, 2.24) is 5.06 Å². The van der Waals surface area contributed by atoms with E-state index in [-0.39, 0.29) is 5.02 Å². The molecule has 0 aliphatic carbocycles. The summed E-state index contributed by atoms with van der Waals surface area (Å²) in [5, 5.41) is 17.8. The number of carboxylic acids is 1. The van der Waals surface area contributed by atoms with Crippen LogP contribution in [-0.4, -0.2) is 46.9 Å². The number of carbonyl (C=O) groups is 2. The van der Waals surface area contributed by atoms with Gasteiger partial charge in [-0.05, 0) is 18.2 Å². The molecule has 0 amide bonds. The first kappa shape index (κ1) is 18.2. The number of aliphatic hydroxyl groups excluding tert-OH is 1. The van der Waals surface area contributed by atoms with E-state index in [0.717, 1.165) is 13.1 Å². The largest absolute Gasteiger partial charge is 0.480 e. The standard InChI is InChI=1S/C12H11ClF3NO5/c1-17(9(5-18)10(19)20)22-11(21)6-2-7(12(14,15)16)4-8(13)3-6/h2-4,9,18H,5H2,1H3,(H,19,20)/t9-/m0/s1. The van der Waals surface area contributed by atoms with Gasteiger partial charge in [0, 0.05) is 12.1 Å². The quantitative estimate of drug-likeness (QED) is 0.794. The van der Waals surface area contributed by atoms with Crippen LogP contribution in [0.3, 0.4) is 0 Å². The minimum absolute atomic E-state index is 0.332. The first-order chi connectivity index (χ1) is 10.1. The number of hydrogen-bond donors (Lipinski definition) is 2. The molecular weight excluding hydrogens is 331 g/mol. The monoisotopic (exact) mass is 341 g/mol. The number of benzene rings is 1. The van der Waals surface area contributed by atoms with Gasteiger partial charge in [0.15, 0.2) is 6.04 Å². The molecule has 0 radical (unpaired) electrons. The lowest BCUT2D eigenvalue weighted by molar-refractivity contribution is -0.168. The number of nitrogens with zero attached hydrogens (tertiary/aromatic N) is 1. The number of hydrogen-bond acceptors (Lipinski definition) is 5. The van der Waals surface area contributed by atoms with E-state index in [1.807, 2.05) is 0 Å². The Bertz CT molecular complexity index is 578. The van der Waals surface area contributed by atoms with Crippen LogP contribution in [0.25, 0.3) is 0 Å². The van der Waals surface area contributed by atoms with Crippen molar-refractivity contribution in [3.8, 4) is 0 Å². The molecule has 0 aromatic heterocycles. The number of alkyl halides is 3. The highest BCUT2D eigenvalue weighted by molar-refractivity contribution is 6.31. The van der Waals surface area contributed by atoms with Crippen LogP contribution in [-0.2, 0) is 15.8 Å². The zero-order chi connectivity index (χ0) is 17.1. The Hall–Kier alpha value is -1.84. The maximum absolute atomic E-state index is 12.6. The molecule has 0 aliphatic rings. The fraction of sp³-hybridized carbons (Fsp3) is 0.333. The van der Waals surface area contributed by atoms with E-state index >= 15 is 0 Å². The van der Waals surface area contributed by atoms with Gasteiger partial charge in [0.25, 0.3) is 0 Å². The zero-order valence-corrected chi connectivity index (χ0v) is 11.9. The first-order valence-electron chi connectivity index (χ1n) is 5.73. The molecule has 1 atom stereocenters. The highest BCUT2D eigenvalue weighted by Crippen LogP contribution is 2.32. The molecule has 0 saturated carbocycles. The van der Waals surface area contributed by atoms with E-state index in [2.05, 4.69) is 4.84 Å². The van der Waals surface area contributed by atoms with Gasteiger partial charge in [0.2, 0.25) is 0 Å². The number of aliphatic hydroxyl groups is 1. The Balaban J connectivity index is 2.99. The Morgan fingerprint density at radius 1 is 1.36 bits per heavy atom. The average Bonchev–Trinajstić information content (AvgIpc) is 2.37. The number of carboxylic acid groups (broad SMARTS) is 1. The van der Waals surface area contributed by atoms with Crippen LogP contribution in [0.2, 0.25) is 5.02 Å². The van der Waals surface area contributed by atoms with Gasteiger partial charge in [-0.15, -0.1) is 5.06 Å². The van der Waals surface area contributed by atoms with Crippen LogP contribution in [0.5, 0.6) is 0 Å². The van der Waals surface area contributed by atoms with Crippen molar-refractivity contribution in [1.29, 1.82) is 0 Å². The highest BCUT2D eigenvalue weighted by atomic mass is 35.5. The van der Waals surface area contributed by atoms with Crippen LogP contribution in [0.15, 0.2) is 18.2 Å². The predicted octanol–water partition coefficient (Wildman–Crippen LogP) is 1.81. The summed E-state index contributed by atoms with van der Waals surface area (Å²) in [4.78, 5) is 27.1. The number of aliphatic carboxylic acids is 1. The normalized spacial score (nSPS) is 13.0. The molecule has 2 N–H and O–H groups in total. The molecule has 122 valence electrons. The minimum Gasteiger partial charge on any atom is -0.480 e. The number of hydroxylamine groups is 2. The van der Waals surface area contributed by atoms with Crippen molar-refractivity contribution in [3.05, 3.63) is 34.3 Å². The van der Waals surface area contributed by atoms with Crippen LogP contribution >= 0.6 is 11.6 Å². The Morgan fingerprint density at radius 2 is 1.95 bits per heavy atom. The number of carbonyl (C=O) groups excluding carboxylic acids is 1. The van der Waals surface area contributed by atoms with E-state index in [4.69, 9.17) is 21.8 Å². The topological polar surface area (TPSA) is 87.1 Å². The molecule has 0 fully saturated rings. The van der Waals surface area contributed by atoms with E-state index in [9.17, 15) is 22.8 Å². The fourth-order valence-corrected chi connectivity index (χ4v) is 1.70. The van der Waals surface area contributed by atoms with Crippen LogP contribution in [0.1, 0.15) is 15.9 Å². The summed E-state index contributed by atoms with van der Waals surface area (Å²) in [5.41, 5.74) is -1.65. The Kier molecular flexibility index (Phi) is 5.75. The van der Waals surface area contributed by atoms with Gasteiger partial charge in [-0.25, -0.2) is 4.79 Å². The van der Waals surface area contributed by atoms with Gasteiger partial charge in [-0.1, -0.05) is 11.6 Å². The van der Waals surface area contributed by atoms with Crippen LogP contribution < -0.4 is 0 Å². The molecule has 0 saturated heterocycles. The summed E-state index contributed by atoms with van der Waals surface area (Å²) < 4.78 is 37.9. The van der Waals surface area contributed by atoms with E-state index in [1.54, 1.807) is 0 Å². The molecule has 0 spiro atoms. The summed E-state index contributed by atoms with van der Waals surface area (Å²) in [6.45, 7) is -0.859. The smallest absolute Gasteiger partial charge is 0.416 e. The maximum atomic E-state index is 12.6. The summed E-state index contributed by atoms with van der Waals surface area (Å²) in [6.07, 6.45) is -4.71. The maximum Gasteiger partial charge on any atom is 0.416 e. The summed E-state index contributed by atoms with van der Waals surface area (Å²) in [5.74, 6) is -2.71. The minimum atomic E-state index is -4.71. The second kappa shape index (κ2) is 6.95. The second-order valence-corrected chi connectivity index (χ2v) is 4.62. The SMILES string of the molecule is CN(OC(=O)c1cc(Cl)cc(C(F)(F)F)c1)[C@@H](CO)C(=O)O. The van der Waals surface area contributed by atoms with Gasteiger partial charge in [0.1, 0.15) is 0 Å². The molecule has 1 rings (SSSR count). The average molecular weight is 342 g/mol. The summed E-state index contributed by atoms with van der Waals surface area (Å²) in [7, 11) is 1.04. The zero-order valence-electron chi connectivity index (χ0n) is 11.1. The summed E-state index contributed by atoms with van der Waals surface area (Å²) in [6, 6.07) is 0.555. The molecule has 1 aromatic rings. The van der Waals surface area contributed by atoms with Crippen molar-refractivity contribution in [2.45, 2.75) is 12.2 Å². The van der Waals surface area contributed by atoms with Crippen molar-refractivity contribution < 1.29 is 37.8 Å². The molecule has 0 aliphatic heterocycles. The lowest BCUT2D eigenvalue weighted by atomic mass is 10.1. The Morgan fingerprint density at radius 3 is 2.41 bits per heavy atom. The van der Waals surface area contributed by atoms with Crippen LogP contribution in [0.4, 0.5) is 13.2 Å². The van der Waals surface area contributed by atoms with E-state index in [1.165, 1.54) is 0 Å². The number of rotatable bonds is 5. The summed E-state index contributed by atoms with van der Waals surface area (Å²) >= 11 is 5.52. The van der Waals surface area contributed by atoms with Gasteiger partial charge in [-0.3, -0.25) is 4.79 Å². The molecule has 1 aromatic carbocycles. The molecule has 10 heteroatoms. The van der Waals surface area contributed by atoms with Crippen molar-refractivity contribution in [2.75, 3.05) is 13.7 Å². The molecule has 0 unspecified atom stereocenters. The van der Waals surface area contributed by atoms with Gasteiger partial charge in [0.05, 0.1) is 17.7 Å². The van der Waals surface area contributed by atoms with Crippen molar-refractivity contribution in [2.24, 2.45) is 0 Å². The molecule has 0 bridgehead atoms. The highest BCUT2D eigenvalue weighted by Gasteiger charge is 2.32. The van der Waals surface area contributed by atoms with Gasteiger partial charge in [-0.2, -0.15) is 13.2 Å². The Labute approximate surface area is 127 Å².